The highest BCUT2D eigenvalue weighted by molar-refractivity contribution is 6.02. The van der Waals surface area contributed by atoms with Gasteiger partial charge in [-0.25, -0.2) is 4.98 Å². The van der Waals surface area contributed by atoms with Crippen molar-refractivity contribution in [3.63, 3.8) is 0 Å². The molecule has 0 spiro atoms. The Hall–Kier alpha value is -4.40. The number of piperidine rings is 1. The zero-order chi connectivity index (χ0) is 24.8. The molecule has 182 valence electrons. The average Bonchev–Trinajstić information content (AvgIpc) is 3.68. The number of fused-ring (bicyclic) bond motifs is 3. The van der Waals surface area contributed by atoms with Crippen LogP contribution in [0.15, 0.2) is 71.6 Å². The van der Waals surface area contributed by atoms with Crippen molar-refractivity contribution >= 4 is 29.1 Å². The number of carbonyl (C=O) groups excluding carboxylic acids is 3. The summed E-state index contributed by atoms with van der Waals surface area (Å²) in [7, 11) is 0. The van der Waals surface area contributed by atoms with E-state index in [1.807, 2.05) is 34.6 Å². The molecule has 36 heavy (non-hydrogen) atoms. The van der Waals surface area contributed by atoms with E-state index >= 15 is 0 Å². The molecule has 1 aromatic carbocycles. The van der Waals surface area contributed by atoms with E-state index in [1.165, 1.54) is 6.26 Å². The first-order chi connectivity index (χ1) is 17.5. The molecule has 4 heterocycles. The summed E-state index contributed by atoms with van der Waals surface area (Å²) in [5.41, 5.74) is 3.52. The predicted molar refractivity (Wildman–Crippen MR) is 132 cm³/mol. The van der Waals surface area contributed by atoms with Crippen LogP contribution in [0.5, 0.6) is 0 Å². The van der Waals surface area contributed by atoms with Gasteiger partial charge in [0.2, 0.25) is 0 Å². The highest BCUT2D eigenvalue weighted by Crippen LogP contribution is 2.38. The number of carbonyl (C=O) groups is 3. The lowest BCUT2D eigenvalue weighted by atomic mass is 10.0. The van der Waals surface area contributed by atoms with E-state index in [4.69, 9.17) is 4.42 Å². The number of nitrogens with zero attached hydrogens (tertiary/aromatic N) is 3. The fourth-order valence-corrected chi connectivity index (χ4v) is 5.32. The van der Waals surface area contributed by atoms with E-state index in [0.29, 0.717) is 23.5 Å². The Morgan fingerprint density at radius 2 is 1.89 bits per heavy atom. The van der Waals surface area contributed by atoms with Crippen molar-refractivity contribution in [3.05, 3.63) is 89.8 Å². The molecule has 3 atom stereocenters. The summed E-state index contributed by atoms with van der Waals surface area (Å²) in [6, 6.07) is 14.0. The molecule has 6 rings (SSSR count). The molecule has 3 aromatic heterocycles. The first kappa shape index (κ1) is 22.1. The van der Waals surface area contributed by atoms with Gasteiger partial charge in [-0.2, -0.15) is 0 Å². The van der Waals surface area contributed by atoms with Crippen molar-refractivity contribution in [1.82, 2.24) is 19.6 Å². The van der Waals surface area contributed by atoms with Gasteiger partial charge in [-0.1, -0.05) is 0 Å². The van der Waals surface area contributed by atoms with E-state index in [-0.39, 0.29) is 41.5 Å². The monoisotopic (exact) mass is 483 g/mol. The Morgan fingerprint density at radius 1 is 1.06 bits per heavy atom. The molecule has 1 aliphatic heterocycles. The lowest BCUT2D eigenvalue weighted by Gasteiger charge is -2.32. The second-order valence-electron chi connectivity index (χ2n) is 9.51. The standard InChI is InChI=1S/C27H25N5O4/c1-16-8-9-31-22(14-28-24(31)11-16)27(35)32-15-18-12-20(32)13-21(18)30-25(33)17-4-6-19(7-5-17)29-26(34)23-3-2-10-36-23/h2-11,14,18,20-21H,12-13,15H2,1H3,(H,29,34)(H,30,33)/t18-,20-,21-/m1/s1. The number of rotatable bonds is 5. The second kappa shape index (κ2) is 8.67. The number of nitrogens with one attached hydrogen (secondary N) is 2. The molecule has 3 amide bonds. The van der Waals surface area contributed by atoms with Crippen LogP contribution >= 0.6 is 0 Å². The molecule has 2 bridgehead atoms. The minimum Gasteiger partial charge on any atom is -0.459 e. The van der Waals surface area contributed by atoms with Crippen LogP contribution in [-0.4, -0.2) is 50.6 Å². The average molecular weight is 484 g/mol. The van der Waals surface area contributed by atoms with E-state index in [2.05, 4.69) is 15.6 Å². The van der Waals surface area contributed by atoms with Crippen molar-refractivity contribution in [2.75, 3.05) is 11.9 Å². The number of hydrogen-bond donors (Lipinski definition) is 2. The summed E-state index contributed by atoms with van der Waals surface area (Å²) < 4.78 is 6.92. The van der Waals surface area contributed by atoms with Gasteiger partial charge >= 0.3 is 0 Å². The Labute approximate surface area is 207 Å². The summed E-state index contributed by atoms with van der Waals surface area (Å²) in [6.45, 7) is 2.62. The van der Waals surface area contributed by atoms with Gasteiger partial charge in [-0.05, 0) is 79.8 Å². The van der Waals surface area contributed by atoms with Gasteiger partial charge < -0.3 is 20.0 Å². The second-order valence-corrected chi connectivity index (χ2v) is 9.51. The van der Waals surface area contributed by atoms with Crippen LogP contribution < -0.4 is 10.6 Å². The molecular weight excluding hydrogens is 458 g/mol. The minimum absolute atomic E-state index is 0.0178. The van der Waals surface area contributed by atoms with Gasteiger partial charge in [-0.15, -0.1) is 0 Å². The summed E-state index contributed by atoms with van der Waals surface area (Å²) in [4.78, 5) is 44.6. The number of amides is 3. The van der Waals surface area contributed by atoms with Crippen molar-refractivity contribution in [2.24, 2.45) is 5.92 Å². The third-order valence-corrected chi connectivity index (χ3v) is 7.16. The molecular formula is C27H25N5O4. The van der Waals surface area contributed by atoms with Crippen LogP contribution in [0.3, 0.4) is 0 Å². The first-order valence-electron chi connectivity index (χ1n) is 12.0. The minimum atomic E-state index is -0.350. The third-order valence-electron chi connectivity index (χ3n) is 7.16. The van der Waals surface area contributed by atoms with Gasteiger partial charge in [0.25, 0.3) is 17.7 Å². The highest BCUT2D eigenvalue weighted by Gasteiger charge is 2.47. The SMILES string of the molecule is Cc1ccn2c(C(=O)N3C[C@H]4C[C@@H]3C[C@H]4NC(=O)c3ccc(NC(=O)c4ccco4)cc3)cnc2c1. The summed E-state index contributed by atoms with van der Waals surface area (Å²) >= 11 is 0. The Bertz CT molecular complexity index is 1460. The molecule has 9 heteroatoms. The number of furan rings is 1. The van der Waals surface area contributed by atoms with Gasteiger partial charge in [0.15, 0.2) is 5.76 Å². The number of anilines is 1. The van der Waals surface area contributed by atoms with Gasteiger partial charge in [0, 0.05) is 36.1 Å². The zero-order valence-corrected chi connectivity index (χ0v) is 19.7. The molecule has 9 nitrogen and oxygen atoms in total. The molecule has 1 saturated carbocycles. The van der Waals surface area contributed by atoms with Crippen molar-refractivity contribution in [2.45, 2.75) is 31.8 Å². The van der Waals surface area contributed by atoms with Crippen LogP contribution in [0.25, 0.3) is 5.65 Å². The van der Waals surface area contributed by atoms with Gasteiger partial charge in [-0.3, -0.25) is 18.8 Å². The lowest BCUT2D eigenvalue weighted by Crippen LogP contribution is -2.47. The fraction of sp³-hybridized carbons (Fsp3) is 0.259. The summed E-state index contributed by atoms with van der Waals surface area (Å²) in [6.07, 6.45) is 6.58. The van der Waals surface area contributed by atoms with E-state index in [9.17, 15) is 14.4 Å². The molecule has 1 saturated heterocycles. The topological polar surface area (TPSA) is 109 Å². The van der Waals surface area contributed by atoms with E-state index in [0.717, 1.165) is 24.1 Å². The quantitative estimate of drug-likeness (QED) is 0.452. The molecule has 0 radical (unpaired) electrons. The largest absolute Gasteiger partial charge is 0.459 e. The number of likely N-dealkylation sites (tertiary alicyclic amines) is 1. The summed E-state index contributed by atoms with van der Waals surface area (Å²) in [5, 5.41) is 5.88. The van der Waals surface area contributed by atoms with Crippen molar-refractivity contribution in [1.29, 1.82) is 0 Å². The van der Waals surface area contributed by atoms with Crippen LogP contribution in [0.2, 0.25) is 0 Å². The van der Waals surface area contributed by atoms with Crippen LogP contribution in [0.4, 0.5) is 5.69 Å². The molecule has 4 aromatic rings. The maximum Gasteiger partial charge on any atom is 0.291 e. The van der Waals surface area contributed by atoms with Crippen molar-refractivity contribution < 1.29 is 18.8 Å². The molecule has 2 N–H and O–H groups in total. The van der Waals surface area contributed by atoms with Crippen LogP contribution in [0.1, 0.15) is 49.8 Å². The predicted octanol–water partition coefficient (Wildman–Crippen LogP) is 3.52. The maximum absolute atomic E-state index is 13.3. The zero-order valence-electron chi connectivity index (χ0n) is 19.7. The molecule has 2 aliphatic rings. The number of aromatic nitrogens is 2. The molecule has 1 aliphatic carbocycles. The Balaban J connectivity index is 1.07. The lowest BCUT2D eigenvalue weighted by molar-refractivity contribution is 0.0672. The molecule has 2 fully saturated rings. The van der Waals surface area contributed by atoms with Gasteiger partial charge in [0.05, 0.1) is 12.5 Å². The number of hydrogen-bond acceptors (Lipinski definition) is 5. The van der Waals surface area contributed by atoms with Gasteiger partial charge in [0.1, 0.15) is 11.3 Å². The fourth-order valence-electron chi connectivity index (χ4n) is 5.32. The van der Waals surface area contributed by atoms with Crippen LogP contribution in [0, 0.1) is 12.8 Å². The Kier molecular flexibility index (Phi) is 5.32. The van der Waals surface area contributed by atoms with Crippen molar-refractivity contribution in [3.8, 4) is 0 Å². The van der Waals surface area contributed by atoms with Crippen LogP contribution in [-0.2, 0) is 0 Å². The number of aryl methyl sites for hydroxylation is 1. The van der Waals surface area contributed by atoms with E-state index < -0.39 is 0 Å². The maximum atomic E-state index is 13.3. The third kappa shape index (κ3) is 3.92. The molecule has 0 unspecified atom stereocenters. The normalized spacial score (nSPS) is 20.6. The number of benzene rings is 1. The van der Waals surface area contributed by atoms with E-state index in [1.54, 1.807) is 42.6 Å². The number of imidazole rings is 1. The first-order valence-corrected chi connectivity index (χ1v) is 12.0. The number of pyridine rings is 1. The Morgan fingerprint density at radius 3 is 2.61 bits per heavy atom. The highest BCUT2D eigenvalue weighted by atomic mass is 16.3. The smallest absolute Gasteiger partial charge is 0.291 e. The summed E-state index contributed by atoms with van der Waals surface area (Å²) in [5.74, 6) is -0.0898.